The van der Waals surface area contributed by atoms with Crippen molar-refractivity contribution in [2.45, 2.75) is 46.0 Å². The lowest BCUT2D eigenvalue weighted by molar-refractivity contribution is -0.145. The Kier molecular flexibility index (Phi) is 3.28. The van der Waals surface area contributed by atoms with Gasteiger partial charge in [-0.1, -0.05) is 13.8 Å². The van der Waals surface area contributed by atoms with E-state index in [-0.39, 0.29) is 5.92 Å². The van der Waals surface area contributed by atoms with E-state index < -0.39 is 11.7 Å². The molecule has 2 saturated carbocycles. The summed E-state index contributed by atoms with van der Waals surface area (Å²) in [5.74, 6) is -3.09. The molecule has 3 heteroatoms. The molecule has 2 rings (SSSR count). The highest BCUT2D eigenvalue weighted by molar-refractivity contribution is 5.87. The molecule has 82 valence electrons. The van der Waals surface area contributed by atoms with Crippen LogP contribution in [0.2, 0.25) is 0 Å². The van der Waals surface area contributed by atoms with E-state index in [0.717, 1.165) is 0 Å². The van der Waals surface area contributed by atoms with Gasteiger partial charge in [0.15, 0.2) is 0 Å². The Balaban J connectivity index is 0.000000461. The zero-order valence-corrected chi connectivity index (χ0v) is 9.02. The van der Waals surface area contributed by atoms with E-state index in [1.165, 1.54) is 6.42 Å². The van der Waals surface area contributed by atoms with Crippen LogP contribution in [0.3, 0.4) is 0 Å². The molecule has 0 bridgehead atoms. The second-order valence-corrected chi connectivity index (χ2v) is 4.18. The predicted octanol–water partition coefficient (Wildman–Crippen LogP) is 3.28. The molecule has 2 aliphatic rings. The van der Waals surface area contributed by atoms with Gasteiger partial charge in [0.25, 0.3) is 0 Å². The van der Waals surface area contributed by atoms with E-state index in [4.69, 9.17) is 0 Å². The predicted molar refractivity (Wildman–Crippen MR) is 51.3 cm³/mol. The molecule has 2 aliphatic carbocycles. The minimum atomic E-state index is -3.11. The van der Waals surface area contributed by atoms with Gasteiger partial charge in [-0.3, -0.25) is 4.79 Å². The third-order valence-electron chi connectivity index (χ3n) is 3.05. The van der Waals surface area contributed by atoms with Gasteiger partial charge in [0.05, 0.1) is 0 Å². The standard InChI is InChI=1S/C9H12F2O.C2H6/c1-9(10,11)8(12)7-3-5-2-6(5)4-7;1-2/h5-7H,2-4H2,1H3;1-2H3. The highest BCUT2D eigenvalue weighted by Gasteiger charge is 2.51. The van der Waals surface area contributed by atoms with Gasteiger partial charge < -0.3 is 0 Å². The van der Waals surface area contributed by atoms with Crippen molar-refractivity contribution in [3.05, 3.63) is 0 Å². The summed E-state index contributed by atoms with van der Waals surface area (Å²) in [6, 6.07) is 0. The molecule has 0 aromatic heterocycles. The first-order valence-electron chi connectivity index (χ1n) is 5.40. The third-order valence-corrected chi connectivity index (χ3v) is 3.05. The fraction of sp³-hybridized carbons (Fsp3) is 0.909. The van der Waals surface area contributed by atoms with Gasteiger partial charge in [0.2, 0.25) is 5.78 Å². The average molecular weight is 204 g/mol. The maximum absolute atomic E-state index is 12.6. The molecule has 0 radical (unpaired) electrons. The van der Waals surface area contributed by atoms with Gasteiger partial charge in [-0.25, -0.2) is 0 Å². The molecular weight excluding hydrogens is 186 g/mol. The molecule has 14 heavy (non-hydrogen) atoms. The highest BCUT2D eigenvalue weighted by atomic mass is 19.3. The van der Waals surface area contributed by atoms with Crippen LogP contribution in [-0.4, -0.2) is 11.7 Å². The van der Waals surface area contributed by atoms with Crippen LogP contribution >= 0.6 is 0 Å². The lowest BCUT2D eigenvalue weighted by Gasteiger charge is -2.15. The zero-order valence-electron chi connectivity index (χ0n) is 9.02. The largest absolute Gasteiger partial charge is 0.302 e. The number of carbonyl (C=O) groups is 1. The van der Waals surface area contributed by atoms with E-state index >= 15 is 0 Å². The summed E-state index contributed by atoms with van der Waals surface area (Å²) in [6.07, 6.45) is 2.60. The van der Waals surface area contributed by atoms with E-state index in [0.29, 0.717) is 31.6 Å². The summed E-state index contributed by atoms with van der Waals surface area (Å²) in [6.45, 7) is 4.71. The van der Waals surface area contributed by atoms with Gasteiger partial charge in [0.1, 0.15) is 0 Å². The molecule has 0 spiro atoms. The van der Waals surface area contributed by atoms with Gasteiger partial charge in [-0.15, -0.1) is 0 Å². The molecule has 0 heterocycles. The molecule has 0 N–H and O–H groups in total. The molecule has 0 aliphatic heterocycles. The maximum atomic E-state index is 12.6. The van der Waals surface area contributed by atoms with E-state index in [2.05, 4.69) is 0 Å². The van der Waals surface area contributed by atoms with Crippen LogP contribution in [0, 0.1) is 17.8 Å². The summed E-state index contributed by atoms with van der Waals surface area (Å²) < 4.78 is 25.1. The van der Waals surface area contributed by atoms with Crippen molar-refractivity contribution in [3.8, 4) is 0 Å². The quantitative estimate of drug-likeness (QED) is 0.674. The number of rotatable bonds is 2. The second kappa shape index (κ2) is 3.95. The zero-order chi connectivity index (χ0) is 10.9. The van der Waals surface area contributed by atoms with Crippen LogP contribution in [-0.2, 0) is 4.79 Å². The van der Waals surface area contributed by atoms with Crippen molar-refractivity contribution in [2.24, 2.45) is 17.8 Å². The molecule has 0 amide bonds. The molecule has 1 nitrogen and oxygen atoms in total. The summed E-state index contributed by atoms with van der Waals surface area (Å²) in [7, 11) is 0. The van der Waals surface area contributed by atoms with Crippen LogP contribution in [0.15, 0.2) is 0 Å². The van der Waals surface area contributed by atoms with Crippen LogP contribution in [0.1, 0.15) is 40.0 Å². The maximum Gasteiger partial charge on any atom is 0.302 e. The highest BCUT2D eigenvalue weighted by Crippen LogP contribution is 2.55. The van der Waals surface area contributed by atoms with E-state index in [1.54, 1.807) is 0 Å². The summed E-state index contributed by atoms with van der Waals surface area (Å²) in [5, 5.41) is 0. The first-order valence-corrected chi connectivity index (χ1v) is 5.40. The van der Waals surface area contributed by atoms with Gasteiger partial charge >= 0.3 is 5.92 Å². The van der Waals surface area contributed by atoms with Crippen molar-refractivity contribution < 1.29 is 13.6 Å². The number of carbonyl (C=O) groups excluding carboxylic acids is 1. The fourth-order valence-electron chi connectivity index (χ4n) is 2.29. The van der Waals surface area contributed by atoms with Crippen molar-refractivity contribution >= 4 is 5.78 Å². The first-order chi connectivity index (χ1) is 6.48. The fourth-order valence-corrected chi connectivity index (χ4v) is 2.29. The number of Topliss-reactive ketones (excluding diaryl/α,β-unsaturated/α-hetero) is 1. The number of hydrogen-bond donors (Lipinski definition) is 0. The van der Waals surface area contributed by atoms with Crippen molar-refractivity contribution in [3.63, 3.8) is 0 Å². The number of halogens is 2. The smallest absolute Gasteiger partial charge is 0.293 e. The van der Waals surface area contributed by atoms with Crippen LogP contribution in [0.5, 0.6) is 0 Å². The molecular formula is C11H18F2O. The third kappa shape index (κ3) is 2.31. The second-order valence-electron chi connectivity index (χ2n) is 4.18. The van der Waals surface area contributed by atoms with Gasteiger partial charge in [-0.2, -0.15) is 8.78 Å². The number of ketones is 1. The molecule has 0 saturated heterocycles. The molecule has 0 aromatic carbocycles. The minimum absolute atomic E-state index is 0.339. The lowest BCUT2D eigenvalue weighted by atomic mass is 9.95. The Morgan fingerprint density at radius 1 is 1.14 bits per heavy atom. The Bertz CT molecular complexity index is 210. The van der Waals surface area contributed by atoms with Crippen LogP contribution < -0.4 is 0 Å². The molecule has 0 aromatic rings. The molecule has 2 unspecified atom stereocenters. The first kappa shape index (κ1) is 11.6. The summed E-state index contributed by atoms with van der Waals surface area (Å²) in [5.41, 5.74) is 0. The number of hydrogen-bond acceptors (Lipinski definition) is 1. The lowest BCUT2D eigenvalue weighted by Crippen LogP contribution is -2.30. The van der Waals surface area contributed by atoms with Crippen LogP contribution in [0.4, 0.5) is 8.78 Å². The van der Waals surface area contributed by atoms with Gasteiger partial charge in [0, 0.05) is 12.8 Å². The van der Waals surface area contributed by atoms with Crippen LogP contribution in [0.25, 0.3) is 0 Å². The normalized spacial score (nSPS) is 34.2. The molecule has 2 atom stereocenters. The summed E-state index contributed by atoms with van der Waals surface area (Å²) in [4.78, 5) is 11.1. The minimum Gasteiger partial charge on any atom is -0.293 e. The topological polar surface area (TPSA) is 17.1 Å². The van der Waals surface area contributed by atoms with Crippen molar-refractivity contribution in [1.82, 2.24) is 0 Å². The van der Waals surface area contributed by atoms with Crippen molar-refractivity contribution in [1.29, 1.82) is 0 Å². The van der Waals surface area contributed by atoms with Crippen molar-refractivity contribution in [2.75, 3.05) is 0 Å². The monoisotopic (exact) mass is 204 g/mol. The Hall–Kier alpha value is -0.470. The Labute approximate surface area is 83.9 Å². The molecule has 2 fully saturated rings. The van der Waals surface area contributed by atoms with E-state index in [9.17, 15) is 13.6 Å². The average Bonchev–Trinajstić information content (AvgIpc) is 2.74. The number of alkyl halides is 2. The number of fused-ring (bicyclic) bond motifs is 1. The summed E-state index contributed by atoms with van der Waals surface area (Å²) >= 11 is 0. The van der Waals surface area contributed by atoms with E-state index in [1.807, 2.05) is 13.8 Å². The Morgan fingerprint density at radius 2 is 1.57 bits per heavy atom. The van der Waals surface area contributed by atoms with Gasteiger partial charge in [-0.05, 0) is 31.1 Å². The SMILES string of the molecule is CC.CC(F)(F)C(=O)C1CC2CC2C1. The Morgan fingerprint density at radius 3 is 1.93 bits per heavy atom.